The molecule has 5 aromatic rings. The largest absolute Gasteiger partial charge is 0.495 e. The second-order valence-electron chi connectivity index (χ2n) is 11.2. The van der Waals surface area contributed by atoms with Crippen LogP contribution in [0.5, 0.6) is 34.5 Å². The number of nitro groups is 1. The highest BCUT2D eigenvalue weighted by Crippen LogP contribution is 2.41. The molecule has 0 amide bonds. The number of halogens is 4. The number of hydrogen-bond donors (Lipinski definition) is 4. The van der Waals surface area contributed by atoms with Gasteiger partial charge in [-0.3, -0.25) is 10.1 Å². The first kappa shape index (κ1) is 45.2. The van der Waals surface area contributed by atoms with Gasteiger partial charge in [-0.1, -0.05) is 11.6 Å². The van der Waals surface area contributed by atoms with Crippen molar-refractivity contribution in [2.45, 2.75) is 6.18 Å². The van der Waals surface area contributed by atoms with Crippen LogP contribution in [0.15, 0.2) is 99.3 Å². The molecule has 0 atom stereocenters. The fourth-order valence-corrected chi connectivity index (χ4v) is 4.65. The molecule has 0 fully saturated rings. The number of nitrogen functional groups attached to an aromatic ring is 4. The molecule has 0 unspecified atom stereocenters. The molecule has 0 aliphatic carbocycles. The highest BCUT2D eigenvalue weighted by atomic mass is 35.5. The van der Waals surface area contributed by atoms with Crippen molar-refractivity contribution in [2.24, 2.45) is 20.5 Å². The molecule has 0 aliphatic rings. The number of ether oxygens (including phenoxy) is 6. The van der Waals surface area contributed by atoms with Crippen molar-refractivity contribution in [3.05, 3.63) is 99.6 Å². The Balaban J connectivity index is 0.000000245. The van der Waals surface area contributed by atoms with Crippen LogP contribution < -0.4 is 51.4 Å². The molecule has 21 heteroatoms. The van der Waals surface area contributed by atoms with Gasteiger partial charge in [-0.25, -0.2) is 0 Å². The first-order valence-electron chi connectivity index (χ1n) is 16.2. The van der Waals surface area contributed by atoms with Crippen molar-refractivity contribution in [1.82, 2.24) is 0 Å². The molecule has 0 saturated carbocycles. The van der Waals surface area contributed by atoms with E-state index in [0.29, 0.717) is 74.3 Å². The molecule has 5 aromatic carbocycles. The van der Waals surface area contributed by atoms with Crippen LogP contribution in [-0.4, -0.2) is 47.6 Å². The number of hydrogen-bond acceptors (Lipinski definition) is 16. The molecule has 0 bridgehead atoms. The maximum atomic E-state index is 12.0. The average molecular weight is 830 g/mol. The summed E-state index contributed by atoms with van der Waals surface area (Å²) in [5, 5.41) is 27.2. The molecule has 308 valence electrons. The summed E-state index contributed by atoms with van der Waals surface area (Å²) in [6.45, 7) is 0. The summed E-state index contributed by atoms with van der Waals surface area (Å²) < 4.78 is 67.2. The van der Waals surface area contributed by atoms with Crippen LogP contribution in [0.4, 0.5) is 64.4 Å². The number of anilines is 4. The van der Waals surface area contributed by atoms with E-state index in [9.17, 15) is 23.3 Å². The Morgan fingerprint density at radius 3 is 1.21 bits per heavy atom. The van der Waals surface area contributed by atoms with Crippen LogP contribution in [0.2, 0.25) is 5.02 Å². The van der Waals surface area contributed by atoms with E-state index >= 15 is 0 Å². The van der Waals surface area contributed by atoms with Crippen molar-refractivity contribution in [2.75, 3.05) is 65.6 Å². The first-order chi connectivity index (χ1) is 27.5. The van der Waals surface area contributed by atoms with Gasteiger partial charge in [0.25, 0.3) is 5.69 Å². The molecule has 0 radical (unpaired) electrons. The Hall–Kier alpha value is -7.22. The van der Waals surface area contributed by atoms with E-state index in [-0.39, 0.29) is 16.4 Å². The summed E-state index contributed by atoms with van der Waals surface area (Å²) in [4.78, 5) is 10.1. The Bertz CT molecular complexity index is 2200. The summed E-state index contributed by atoms with van der Waals surface area (Å²) >= 11 is 5.44. The molecule has 0 aliphatic heterocycles. The third-order valence-electron chi connectivity index (χ3n) is 7.52. The van der Waals surface area contributed by atoms with Crippen molar-refractivity contribution in [3.8, 4) is 34.5 Å². The number of nitrogens with two attached hydrogens (primary N) is 4. The Morgan fingerprint density at radius 2 is 0.897 bits per heavy atom. The second-order valence-corrected chi connectivity index (χ2v) is 11.6. The topological polar surface area (TPSA) is 252 Å². The van der Waals surface area contributed by atoms with Crippen LogP contribution in [0, 0.1) is 10.1 Å². The third-order valence-corrected chi connectivity index (χ3v) is 7.86. The van der Waals surface area contributed by atoms with Gasteiger partial charge in [0.15, 0.2) is 0 Å². The first-order valence-corrected chi connectivity index (χ1v) is 16.6. The molecule has 8 N–H and O–H groups in total. The third kappa shape index (κ3) is 12.1. The smallest absolute Gasteiger partial charge is 0.416 e. The van der Waals surface area contributed by atoms with Gasteiger partial charge >= 0.3 is 6.18 Å². The summed E-state index contributed by atoms with van der Waals surface area (Å²) in [6.07, 6.45) is -4.36. The van der Waals surface area contributed by atoms with Gasteiger partial charge in [0, 0.05) is 48.5 Å². The lowest BCUT2D eigenvalue weighted by Crippen LogP contribution is -2.05. The van der Waals surface area contributed by atoms with Gasteiger partial charge in [0.2, 0.25) is 0 Å². The maximum absolute atomic E-state index is 12.0. The van der Waals surface area contributed by atoms with E-state index in [4.69, 9.17) is 63.0 Å². The van der Waals surface area contributed by atoms with Gasteiger partial charge in [0.05, 0.1) is 86.6 Å². The van der Waals surface area contributed by atoms with E-state index < -0.39 is 16.7 Å². The summed E-state index contributed by atoms with van der Waals surface area (Å²) in [7, 11) is 9.07. The lowest BCUT2D eigenvalue weighted by Gasteiger charge is -2.10. The van der Waals surface area contributed by atoms with Crippen LogP contribution >= 0.6 is 11.6 Å². The molecule has 0 spiro atoms. The van der Waals surface area contributed by atoms with Gasteiger partial charge in [0.1, 0.15) is 51.6 Å². The molecular formula is C37H39ClF3N9O8. The molecule has 0 heterocycles. The summed E-state index contributed by atoms with van der Waals surface area (Å²) in [6, 6.07) is 18.2. The fourth-order valence-electron chi connectivity index (χ4n) is 4.53. The number of methoxy groups -OCH3 is 6. The van der Waals surface area contributed by atoms with Crippen molar-refractivity contribution >= 4 is 62.8 Å². The number of non-ortho nitro benzene ring substituents is 1. The van der Waals surface area contributed by atoms with Gasteiger partial charge in [-0.2, -0.15) is 18.3 Å². The molecule has 0 aromatic heterocycles. The minimum Gasteiger partial charge on any atom is -0.495 e. The summed E-state index contributed by atoms with van der Waals surface area (Å²) in [5.74, 6) is 2.80. The van der Waals surface area contributed by atoms with Crippen molar-refractivity contribution in [3.63, 3.8) is 0 Å². The minimum atomic E-state index is -4.36. The SMILES string of the molecule is COc1cc(N=Nc2cc(OC)c(N)cc2OC)c(OC)cc1N.COc1cc(N=Nc2ccc([N+](=O)[O-])cc2)c(OC)cc1N.Nc1cc(C(F)(F)F)ccc1Cl. The molecule has 0 saturated heterocycles. The Kier molecular flexibility index (Phi) is 16.1. The highest BCUT2D eigenvalue weighted by molar-refractivity contribution is 6.33. The monoisotopic (exact) mass is 829 g/mol. The zero-order chi connectivity index (χ0) is 43.2. The maximum Gasteiger partial charge on any atom is 0.416 e. The lowest BCUT2D eigenvalue weighted by atomic mass is 10.2. The predicted molar refractivity (Wildman–Crippen MR) is 214 cm³/mol. The molecule has 17 nitrogen and oxygen atoms in total. The summed E-state index contributed by atoms with van der Waals surface area (Å²) in [5.41, 5.74) is 25.0. The van der Waals surface area contributed by atoms with E-state index in [1.807, 2.05) is 0 Å². The van der Waals surface area contributed by atoms with Crippen LogP contribution in [-0.2, 0) is 6.18 Å². The standard InChI is InChI=1S/C16H20N4O4.C14H14N4O4.C7H5ClF3N/c1-21-13-7-11(15(23-3)5-9(13)17)19-20-12-8-14(22-2)10(18)6-16(12)24-4;1-21-13-8-12(14(22-2)7-11(13)15)17-16-9-3-5-10(6-4-9)18(19)20;8-5-2-1-4(3-6(5)12)7(9,10)11/h5-8H,17-18H2,1-4H3;3-8H,15H2,1-2H3;1-3H,12H2. The van der Waals surface area contributed by atoms with Gasteiger partial charge in [-0.05, 0) is 30.3 Å². The van der Waals surface area contributed by atoms with Crippen LogP contribution in [0.3, 0.4) is 0 Å². The molecular weight excluding hydrogens is 791 g/mol. The van der Waals surface area contributed by atoms with Crippen LogP contribution in [0.25, 0.3) is 0 Å². The number of nitrogens with zero attached hydrogens (tertiary/aromatic N) is 5. The zero-order valence-electron chi connectivity index (χ0n) is 31.8. The second kappa shape index (κ2) is 20.6. The van der Waals surface area contributed by atoms with Crippen LogP contribution in [0.1, 0.15) is 5.56 Å². The molecule has 5 rings (SSSR count). The van der Waals surface area contributed by atoms with Gasteiger partial charge < -0.3 is 51.4 Å². The highest BCUT2D eigenvalue weighted by Gasteiger charge is 2.30. The van der Waals surface area contributed by atoms with Crippen molar-refractivity contribution in [1.29, 1.82) is 0 Å². The normalized spacial score (nSPS) is 10.9. The number of rotatable bonds is 11. The van der Waals surface area contributed by atoms with E-state index in [2.05, 4.69) is 20.5 Å². The van der Waals surface area contributed by atoms with E-state index in [1.165, 1.54) is 66.9 Å². The Labute approximate surface area is 335 Å². The number of nitro benzene ring substituents is 1. The van der Waals surface area contributed by atoms with E-state index in [1.54, 1.807) is 36.4 Å². The number of azo groups is 2. The lowest BCUT2D eigenvalue weighted by molar-refractivity contribution is -0.384. The quantitative estimate of drug-likeness (QED) is 0.0420. The number of alkyl halides is 3. The van der Waals surface area contributed by atoms with E-state index in [0.717, 1.165) is 18.2 Å². The van der Waals surface area contributed by atoms with Gasteiger partial charge in [-0.15, -0.1) is 15.3 Å². The zero-order valence-corrected chi connectivity index (χ0v) is 32.6. The van der Waals surface area contributed by atoms with Crippen molar-refractivity contribution < 1.29 is 46.5 Å². The average Bonchev–Trinajstić information content (AvgIpc) is 3.20. The fraction of sp³-hybridized carbons (Fsp3) is 0.189. The molecule has 58 heavy (non-hydrogen) atoms. The predicted octanol–water partition coefficient (Wildman–Crippen LogP) is 9.85. The Morgan fingerprint density at radius 1 is 0.534 bits per heavy atom. The number of benzene rings is 5. The minimum absolute atomic E-state index is 0.00863.